The van der Waals surface area contributed by atoms with E-state index in [1.165, 1.54) is 24.3 Å². The van der Waals surface area contributed by atoms with E-state index in [2.05, 4.69) is 5.32 Å². The summed E-state index contributed by atoms with van der Waals surface area (Å²) < 4.78 is 18.4. The van der Waals surface area contributed by atoms with Crippen molar-refractivity contribution in [1.29, 1.82) is 10.7 Å². The Labute approximate surface area is 128 Å². The molecule has 0 spiro atoms. The van der Waals surface area contributed by atoms with Gasteiger partial charge in [-0.05, 0) is 44.2 Å². The predicted octanol–water partition coefficient (Wildman–Crippen LogP) is 2.69. The summed E-state index contributed by atoms with van der Waals surface area (Å²) in [5.74, 6) is -0.243. The quantitative estimate of drug-likeness (QED) is 0.748. The monoisotopic (exact) mass is 300 g/mol. The molecule has 1 aromatic rings. The summed E-state index contributed by atoms with van der Waals surface area (Å²) in [6, 6.07) is 7.65. The van der Waals surface area contributed by atoms with Gasteiger partial charge in [-0.15, -0.1) is 0 Å². The molecule has 0 aliphatic carbocycles. The highest BCUT2D eigenvalue weighted by Gasteiger charge is 2.27. The van der Waals surface area contributed by atoms with Gasteiger partial charge in [0.15, 0.2) is 0 Å². The first-order valence-electron chi connectivity index (χ1n) is 6.70. The number of nitrogens with two attached hydrogens (primary N) is 1. The van der Waals surface area contributed by atoms with Crippen molar-refractivity contribution in [2.24, 2.45) is 5.73 Å². The van der Waals surface area contributed by atoms with Crippen LogP contribution in [0.25, 0.3) is 0 Å². The van der Waals surface area contributed by atoms with E-state index in [9.17, 15) is 9.65 Å². The topological polar surface area (TPSA) is 94.9 Å². The fourth-order valence-electron chi connectivity index (χ4n) is 2.05. The number of allylic oxidation sites excluding steroid dienone is 1. The van der Waals surface area contributed by atoms with Crippen LogP contribution in [0.15, 0.2) is 47.3 Å². The Morgan fingerprint density at radius 2 is 2.05 bits per heavy atom. The first kappa shape index (κ1) is 15.7. The molecule has 0 saturated heterocycles. The number of ether oxygens (including phenoxy) is 1. The van der Waals surface area contributed by atoms with Crippen LogP contribution in [-0.2, 0) is 4.74 Å². The largest absolute Gasteiger partial charge is 0.384 e. The van der Waals surface area contributed by atoms with Crippen LogP contribution in [0, 0.1) is 22.6 Å². The normalized spacial score (nSPS) is 18.1. The molecule has 1 aliphatic heterocycles. The molecule has 0 unspecified atom stereocenters. The summed E-state index contributed by atoms with van der Waals surface area (Å²) in [7, 11) is 0. The maximum atomic E-state index is 12.9. The molecule has 1 aromatic carbocycles. The zero-order chi connectivity index (χ0) is 16.3. The van der Waals surface area contributed by atoms with E-state index >= 15 is 0 Å². The van der Waals surface area contributed by atoms with Crippen molar-refractivity contribution in [3.63, 3.8) is 0 Å². The van der Waals surface area contributed by atoms with Gasteiger partial charge >= 0.3 is 0 Å². The zero-order valence-electron chi connectivity index (χ0n) is 12.4. The molecule has 22 heavy (non-hydrogen) atoms. The van der Waals surface area contributed by atoms with E-state index in [1.807, 2.05) is 19.9 Å². The van der Waals surface area contributed by atoms with Gasteiger partial charge in [-0.3, -0.25) is 0 Å². The van der Waals surface area contributed by atoms with E-state index in [-0.39, 0.29) is 29.5 Å². The molecule has 0 aromatic heterocycles. The standard InChI is InChI=1S/C16H17FN4O/c1-16(2)7-12(14(19)9-22-16)13(8-18)15(20)21-11-5-3-10(17)4-6-11/h3-7,19,21H,9,20H2,1-2H3/b15-13-,19-14?. The lowest BCUT2D eigenvalue weighted by atomic mass is 9.93. The third-order valence-corrected chi connectivity index (χ3v) is 3.18. The second-order valence-electron chi connectivity index (χ2n) is 5.46. The van der Waals surface area contributed by atoms with Gasteiger partial charge in [-0.2, -0.15) is 5.26 Å². The summed E-state index contributed by atoms with van der Waals surface area (Å²) in [6.07, 6.45) is 1.70. The van der Waals surface area contributed by atoms with Crippen molar-refractivity contribution < 1.29 is 9.13 Å². The molecule has 0 fully saturated rings. The maximum absolute atomic E-state index is 12.9. The maximum Gasteiger partial charge on any atom is 0.123 e. The summed E-state index contributed by atoms with van der Waals surface area (Å²) in [5, 5.41) is 20.2. The SMILES string of the molecule is CC1(C)C=C(/C(C#N)=C(/N)Nc2ccc(F)cc2)C(=N)CO1. The first-order valence-corrected chi connectivity index (χ1v) is 6.70. The number of benzene rings is 1. The fourth-order valence-corrected chi connectivity index (χ4v) is 2.05. The number of nitriles is 1. The lowest BCUT2D eigenvalue weighted by molar-refractivity contribution is 0.0409. The molecule has 0 atom stereocenters. The third kappa shape index (κ3) is 3.51. The van der Waals surface area contributed by atoms with E-state index in [1.54, 1.807) is 6.08 Å². The number of hydrogen-bond donors (Lipinski definition) is 3. The van der Waals surface area contributed by atoms with Gasteiger partial charge in [0.05, 0.1) is 17.9 Å². The Hall–Kier alpha value is -2.65. The average Bonchev–Trinajstić information content (AvgIpc) is 2.46. The van der Waals surface area contributed by atoms with Gasteiger partial charge in [-0.25, -0.2) is 4.39 Å². The Bertz CT molecular complexity index is 696. The molecule has 0 bridgehead atoms. The number of anilines is 1. The molecule has 6 heteroatoms. The van der Waals surface area contributed by atoms with Crippen molar-refractivity contribution in [3.05, 3.63) is 53.1 Å². The van der Waals surface area contributed by atoms with E-state index < -0.39 is 5.60 Å². The minimum absolute atomic E-state index is 0.114. The highest BCUT2D eigenvalue weighted by Crippen LogP contribution is 2.25. The summed E-state index contributed by atoms with van der Waals surface area (Å²) in [6.45, 7) is 3.81. The zero-order valence-corrected chi connectivity index (χ0v) is 12.4. The molecule has 0 saturated carbocycles. The minimum Gasteiger partial charge on any atom is -0.384 e. The summed E-state index contributed by atoms with van der Waals surface area (Å²) >= 11 is 0. The molecule has 1 heterocycles. The van der Waals surface area contributed by atoms with Gasteiger partial charge in [0, 0.05) is 11.3 Å². The number of rotatable bonds is 3. The Balaban J connectivity index is 2.37. The predicted molar refractivity (Wildman–Crippen MR) is 82.7 cm³/mol. The van der Waals surface area contributed by atoms with Crippen LogP contribution in [0.2, 0.25) is 0 Å². The van der Waals surface area contributed by atoms with Crippen LogP contribution < -0.4 is 11.1 Å². The van der Waals surface area contributed by atoms with Crippen molar-refractivity contribution in [2.75, 3.05) is 11.9 Å². The second-order valence-corrected chi connectivity index (χ2v) is 5.46. The van der Waals surface area contributed by atoms with E-state index in [0.29, 0.717) is 11.3 Å². The smallest absolute Gasteiger partial charge is 0.123 e. The molecule has 114 valence electrons. The average molecular weight is 300 g/mol. The van der Waals surface area contributed by atoms with Gasteiger partial charge < -0.3 is 21.2 Å². The molecule has 4 N–H and O–H groups in total. The van der Waals surface area contributed by atoms with Gasteiger partial charge in [-0.1, -0.05) is 0 Å². The van der Waals surface area contributed by atoms with Crippen LogP contribution in [0.4, 0.5) is 10.1 Å². The van der Waals surface area contributed by atoms with E-state index in [0.717, 1.165) is 0 Å². The van der Waals surface area contributed by atoms with Crippen LogP contribution in [0.1, 0.15) is 13.8 Å². The number of nitrogens with zero attached hydrogens (tertiary/aromatic N) is 1. The fraction of sp³-hybridized carbons (Fsp3) is 0.250. The van der Waals surface area contributed by atoms with Gasteiger partial charge in [0.25, 0.3) is 0 Å². The molecule has 0 radical (unpaired) electrons. The highest BCUT2D eigenvalue weighted by molar-refractivity contribution is 6.04. The Morgan fingerprint density at radius 1 is 1.41 bits per heavy atom. The lowest BCUT2D eigenvalue weighted by Gasteiger charge is -2.28. The Morgan fingerprint density at radius 3 is 2.64 bits per heavy atom. The van der Waals surface area contributed by atoms with Crippen LogP contribution in [0.3, 0.4) is 0 Å². The third-order valence-electron chi connectivity index (χ3n) is 3.18. The number of halogens is 1. The van der Waals surface area contributed by atoms with Crippen LogP contribution in [-0.4, -0.2) is 17.9 Å². The number of hydrogen-bond acceptors (Lipinski definition) is 5. The van der Waals surface area contributed by atoms with Crippen LogP contribution in [0.5, 0.6) is 0 Å². The van der Waals surface area contributed by atoms with Crippen LogP contribution >= 0.6 is 0 Å². The van der Waals surface area contributed by atoms with Gasteiger partial charge in [0.2, 0.25) is 0 Å². The molecule has 5 nitrogen and oxygen atoms in total. The van der Waals surface area contributed by atoms with Crippen molar-refractivity contribution in [2.45, 2.75) is 19.4 Å². The number of nitrogens with one attached hydrogen (secondary N) is 2. The Kier molecular flexibility index (Phi) is 4.29. The molecule has 0 amide bonds. The molecular formula is C16H17FN4O. The summed E-state index contributed by atoms with van der Waals surface area (Å²) in [5.41, 5.74) is 6.76. The van der Waals surface area contributed by atoms with Crippen molar-refractivity contribution in [1.82, 2.24) is 0 Å². The minimum atomic E-state index is -0.571. The van der Waals surface area contributed by atoms with Crippen molar-refractivity contribution >= 4 is 11.4 Å². The second kappa shape index (κ2) is 6.00. The molecular weight excluding hydrogens is 283 g/mol. The van der Waals surface area contributed by atoms with Crippen molar-refractivity contribution in [3.8, 4) is 6.07 Å². The first-order chi connectivity index (χ1) is 10.3. The lowest BCUT2D eigenvalue weighted by Crippen LogP contribution is -2.33. The molecule has 2 rings (SSSR count). The molecule has 1 aliphatic rings. The summed E-state index contributed by atoms with van der Waals surface area (Å²) in [4.78, 5) is 0. The van der Waals surface area contributed by atoms with E-state index in [4.69, 9.17) is 15.9 Å². The van der Waals surface area contributed by atoms with Gasteiger partial charge in [0.1, 0.15) is 23.3 Å². The highest BCUT2D eigenvalue weighted by atomic mass is 19.1.